The number of anilines is 1. The van der Waals surface area contributed by atoms with Crippen LogP contribution in [0, 0.1) is 0 Å². The third-order valence-electron chi connectivity index (χ3n) is 2.29. The monoisotopic (exact) mass is 236 g/mol. The van der Waals surface area contributed by atoms with Crippen LogP contribution in [0.3, 0.4) is 0 Å². The van der Waals surface area contributed by atoms with Gasteiger partial charge in [-0.3, -0.25) is 4.79 Å². The van der Waals surface area contributed by atoms with Gasteiger partial charge in [-0.2, -0.15) is 0 Å². The van der Waals surface area contributed by atoms with Crippen molar-refractivity contribution in [1.29, 1.82) is 0 Å². The fraction of sp³-hybridized carbons (Fsp3) is 0.250. The third-order valence-corrected chi connectivity index (χ3v) is 2.29. The molecule has 0 aromatic heterocycles. The smallest absolute Gasteiger partial charge is 0.246 e. The quantitative estimate of drug-likeness (QED) is 0.402. The van der Waals surface area contributed by atoms with Crippen LogP contribution in [0.25, 0.3) is 6.08 Å². The van der Waals surface area contributed by atoms with Crippen LogP contribution in [0.1, 0.15) is 5.56 Å². The predicted octanol–water partition coefficient (Wildman–Crippen LogP) is 0.438. The zero-order valence-electron chi connectivity index (χ0n) is 9.63. The number of amides is 1. The van der Waals surface area contributed by atoms with Crippen LogP contribution in [-0.2, 0) is 4.79 Å². The lowest BCUT2D eigenvalue weighted by atomic mass is 10.1. The SMILES string of the molecule is CN(CCO)C(=O)C=Cc1cc(O)ccc1N. The van der Waals surface area contributed by atoms with Crippen molar-refractivity contribution in [3.8, 4) is 5.75 Å². The number of hydrogen-bond acceptors (Lipinski definition) is 4. The number of carbonyl (C=O) groups is 1. The maximum absolute atomic E-state index is 11.5. The highest BCUT2D eigenvalue weighted by molar-refractivity contribution is 5.92. The van der Waals surface area contributed by atoms with Gasteiger partial charge in [-0.05, 0) is 24.3 Å². The van der Waals surface area contributed by atoms with E-state index in [0.29, 0.717) is 11.3 Å². The lowest BCUT2D eigenvalue weighted by Crippen LogP contribution is -2.27. The van der Waals surface area contributed by atoms with Gasteiger partial charge in [-0.15, -0.1) is 0 Å². The Balaban J connectivity index is 2.76. The molecule has 5 heteroatoms. The summed E-state index contributed by atoms with van der Waals surface area (Å²) in [5, 5.41) is 18.0. The standard InChI is InChI=1S/C12H16N2O3/c1-14(6-7-15)12(17)5-2-9-8-10(16)3-4-11(9)13/h2-5,8,15-16H,6-7,13H2,1H3. The molecule has 1 rings (SSSR count). The molecule has 1 aromatic rings. The molecule has 5 nitrogen and oxygen atoms in total. The Kier molecular flexibility index (Phi) is 4.54. The van der Waals surface area contributed by atoms with Crippen molar-refractivity contribution in [3.63, 3.8) is 0 Å². The number of aliphatic hydroxyl groups is 1. The maximum atomic E-state index is 11.5. The second-order valence-corrected chi connectivity index (χ2v) is 3.63. The number of nitrogens with two attached hydrogens (primary N) is 1. The van der Waals surface area contributed by atoms with E-state index in [1.807, 2.05) is 0 Å². The van der Waals surface area contributed by atoms with E-state index in [2.05, 4.69) is 0 Å². The molecule has 0 unspecified atom stereocenters. The van der Waals surface area contributed by atoms with Crippen LogP contribution in [0.5, 0.6) is 5.75 Å². The lowest BCUT2D eigenvalue weighted by molar-refractivity contribution is -0.125. The fourth-order valence-corrected chi connectivity index (χ4v) is 1.25. The van der Waals surface area contributed by atoms with Gasteiger partial charge in [0, 0.05) is 30.9 Å². The number of rotatable bonds is 4. The highest BCUT2D eigenvalue weighted by atomic mass is 16.3. The van der Waals surface area contributed by atoms with Crippen molar-refractivity contribution in [2.45, 2.75) is 0 Å². The first-order chi connectivity index (χ1) is 8.04. The van der Waals surface area contributed by atoms with E-state index in [1.54, 1.807) is 13.1 Å². The number of carbonyl (C=O) groups excluding carboxylic acids is 1. The molecule has 0 aliphatic heterocycles. The Morgan fingerprint density at radius 2 is 2.24 bits per heavy atom. The maximum Gasteiger partial charge on any atom is 0.246 e. The molecule has 1 aromatic carbocycles. The number of aromatic hydroxyl groups is 1. The number of nitrogens with zero attached hydrogens (tertiary/aromatic N) is 1. The molecular formula is C12H16N2O3. The van der Waals surface area contributed by atoms with Gasteiger partial charge in [0.2, 0.25) is 5.91 Å². The summed E-state index contributed by atoms with van der Waals surface area (Å²) in [5.41, 5.74) is 6.75. The number of benzene rings is 1. The average Bonchev–Trinajstić information content (AvgIpc) is 2.30. The Hall–Kier alpha value is -2.01. The van der Waals surface area contributed by atoms with E-state index in [1.165, 1.54) is 29.2 Å². The summed E-state index contributed by atoms with van der Waals surface area (Å²) in [6, 6.07) is 4.52. The van der Waals surface area contributed by atoms with Crippen molar-refractivity contribution in [1.82, 2.24) is 4.90 Å². The number of likely N-dealkylation sites (N-methyl/N-ethyl adjacent to an activating group) is 1. The highest BCUT2D eigenvalue weighted by Gasteiger charge is 2.03. The number of phenols is 1. The van der Waals surface area contributed by atoms with Crippen molar-refractivity contribution < 1.29 is 15.0 Å². The molecule has 17 heavy (non-hydrogen) atoms. The molecule has 0 atom stereocenters. The van der Waals surface area contributed by atoms with Crippen molar-refractivity contribution in [2.75, 3.05) is 25.9 Å². The molecular weight excluding hydrogens is 220 g/mol. The first-order valence-corrected chi connectivity index (χ1v) is 5.17. The largest absolute Gasteiger partial charge is 0.508 e. The minimum absolute atomic E-state index is 0.0790. The van der Waals surface area contributed by atoms with E-state index >= 15 is 0 Å². The Morgan fingerprint density at radius 1 is 1.53 bits per heavy atom. The summed E-state index contributed by atoms with van der Waals surface area (Å²) in [7, 11) is 1.59. The molecule has 4 N–H and O–H groups in total. The number of phenolic OH excluding ortho intramolecular Hbond substituents is 1. The molecule has 0 aliphatic rings. The van der Waals surface area contributed by atoms with E-state index in [9.17, 15) is 9.90 Å². The van der Waals surface area contributed by atoms with Crippen LogP contribution in [-0.4, -0.2) is 41.2 Å². The Morgan fingerprint density at radius 3 is 2.88 bits per heavy atom. The van der Waals surface area contributed by atoms with Crippen molar-refractivity contribution in [2.24, 2.45) is 0 Å². The van der Waals surface area contributed by atoms with Gasteiger partial charge in [0.15, 0.2) is 0 Å². The summed E-state index contributed by atoms with van der Waals surface area (Å²) < 4.78 is 0. The van der Waals surface area contributed by atoms with Gasteiger partial charge < -0.3 is 20.8 Å². The topological polar surface area (TPSA) is 86.8 Å². The third kappa shape index (κ3) is 3.81. The minimum Gasteiger partial charge on any atom is -0.508 e. The molecule has 0 saturated heterocycles. The Bertz CT molecular complexity index is 430. The zero-order chi connectivity index (χ0) is 12.8. The van der Waals surface area contributed by atoms with Gasteiger partial charge in [-0.1, -0.05) is 0 Å². The van der Waals surface area contributed by atoms with Gasteiger partial charge in [0.05, 0.1) is 6.61 Å². The van der Waals surface area contributed by atoms with E-state index in [4.69, 9.17) is 10.8 Å². The summed E-state index contributed by atoms with van der Waals surface area (Å²) in [6.07, 6.45) is 2.88. The van der Waals surface area contributed by atoms with Crippen LogP contribution in [0.2, 0.25) is 0 Å². The zero-order valence-corrected chi connectivity index (χ0v) is 9.63. The van der Waals surface area contributed by atoms with Gasteiger partial charge in [-0.25, -0.2) is 0 Å². The lowest BCUT2D eigenvalue weighted by Gasteiger charge is -2.12. The van der Waals surface area contributed by atoms with Gasteiger partial charge >= 0.3 is 0 Å². The summed E-state index contributed by atoms with van der Waals surface area (Å²) in [6.45, 7) is 0.197. The molecule has 0 bridgehead atoms. The van der Waals surface area contributed by atoms with Crippen LogP contribution in [0.15, 0.2) is 24.3 Å². The average molecular weight is 236 g/mol. The first-order valence-electron chi connectivity index (χ1n) is 5.17. The van der Waals surface area contributed by atoms with Crippen molar-refractivity contribution in [3.05, 3.63) is 29.8 Å². The number of nitrogen functional groups attached to an aromatic ring is 1. The van der Waals surface area contributed by atoms with Crippen LogP contribution >= 0.6 is 0 Å². The normalized spacial score (nSPS) is 10.7. The molecule has 0 fully saturated rings. The molecule has 0 radical (unpaired) electrons. The highest BCUT2D eigenvalue weighted by Crippen LogP contribution is 2.19. The van der Waals surface area contributed by atoms with E-state index in [-0.39, 0.29) is 24.8 Å². The molecule has 0 heterocycles. The number of hydrogen-bond donors (Lipinski definition) is 3. The molecule has 0 aliphatic carbocycles. The van der Waals surface area contributed by atoms with Gasteiger partial charge in [0.1, 0.15) is 5.75 Å². The molecule has 0 saturated carbocycles. The summed E-state index contributed by atoms with van der Waals surface area (Å²) in [5.74, 6) is -0.142. The van der Waals surface area contributed by atoms with Crippen LogP contribution < -0.4 is 5.73 Å². The fourth-order valence-electron chi connectivity index (χ4n) is 1.25. The molecule has 1 amide bonds. The van der Waals surface area contributed by atoms with E-state index in [0.717, 1.165) is 0 Å². The minimum atomic E-state index is -0.234. The number of aliphatic hydroxyl groups excluding tert-OH is 1. The van der Waals surface area contributed by atoms with E-state index < -0.39 is 0 Å². The van der Waals surface area contributed by atoms with Crippen LogP contribution in [0.4, 0.5) is 5.69 Å². The second kappa shape index (κ2) is 5.91. The van der Waals surface area contributed by atoms with Crippen molar-refractivity contribution >= 4 is 17.7 Å². The van der Waals surface area contributed by atoms with Gasteiger partial charge in [0.25, 0.3) is 0 Å². The predicted molar refractivity (Wildman–Crippen MR) is 66.3 cm³/mol. The Labute approximate surface area is 99.8 Å². The summed E-state index contributed by atoms with van der Waals surface area (Å²) >= 11 is 0. The summed E-state index contributed by atoms with van der Waals surface area (Å²) in [4.78, 5) is 12.9. The second-order valence-electron chi connectivity index (χ2n) is 3.63. The first kappa shape index (κ1) is 13.1. The molecule has 0 spiro atoms. The molecule has 92 valence electrons.